The molecule has 0 atom stereocenters. The van der Waals surface area contributed by atoms with Crippen LogP contribution in [0.15, 0.2) is 25.0 Å². The Bertz CT molecular complexity index is 274. The fourth-order valence-corrected chi connectivity index (χ4v) is 0.546. The molecule has 1 heterocycles. The van der Waals surface area contributed by atoms with E-state index in [9.17, 15) is 4.20 Å². The molecule has 0 spiro atoms. The maximum Gasteiger partial charge on any atom is 0.507 e. The minimum atomic E-state index is -5.14. The van der Waals surface area contributed by atoms with Crippen LogP contribution in [0.3, 0.4) is 0 Å². The molecule has 0 saturated heterocycles. The summed E-state index contributed by atoms with van der Waals surface area (Å²) in [6.45, 7) is 3.58. The number of H-pyrrole nitrogens is 1. The van der Waals surface area contributed by atoms with Crippen molar-refractivity contribution in [3.63, 3.8) is 0 Å². The van der Waals surface area contributed by atoms with Crippen molar-refractivity contribution < 1.29 is 18.5 Å². The van der Waals surface area contributed by atoms with Gasteiger partial charge in [0.15, 0.2) is 0 Å². The van der Waals surface area contributed by atoms with E-state index < -0.39 is 7.91 Å². The van der Waals surface area contributed by atoms with Gasteiger partial charge < -0.3 is 4.98 Å². The number of nitrogens with zero attached hydrogens (tertiary/aromatic N) is 1. The molecular weight excluding hydrogens is 198 g/mol. The van der Waals surface area contributed by atoms with Gasteiger partial charge in [0.25, 0.3) is 0 Å². The Balaban J connectivity index is 0.000000252. The lowest BCUT2D eigenvalue weighted by atomic mass is 10.4. The van der Waals surface area contributed by atoms with Crippen LogP contribution in [0, 0.1) is 0 Å². The highest BCUT2D eigenvalue weighted by atomic mass is 31.2. The van der Waals surface area contributed by atoms with E-state index in [4.69, 9.17) is 14.4 Å². The van der Waals surface area contributed by atoms with Gasteiger partial charge in [0, 0.05) is 18.8 Å². The standard InChI is InChI=1S/C6H8N2.FH2O3P/c1-2-3-6-7-4-5-8-6;1-5(2,3)4/h2,4-5H,1,3H2,(H,7,8);(H2,2,3,4). The largest absolute Gasteiger partial charge is 0.507 e. The molecule has 0 amide bonds. The maximum absolute atomic E-state index is 10.4. The third-order valence-corrected chi connectivity index (χ3v) is 0.893. The average molecular weight is 208 g/mol. The van der Waals surface area contributed by atoms with Gasteiger partial charge in [0.2, 0.25) is 0 Å². The number of hydrogen-bond donors (Lipinski definition) is 3. The van der Waals surface area contributed by atoms with Crippen LogP contribution in [0.25, 0.3) is 0 Å². The third-order valence-electron chi connectivity index (χ3n) is 0.893. The summed E-state index contributed by atoms with van der Waals surface area (Å²) < 4.78 is 19.0. The Morgan fingerprint density at radius 2 is 2.31 bits per heavy atom. The minimum Gasteiger partial charge on any atom is -0.348 e. The highest BCUT2D eigenvalue weighted by molar-refractivity contribution is 7.45. The van der Waals surface area contributed by atoms with Crippen molar-refractivity contribution in [3.05, 3.63) is 30.9 Å². The molecule has 3 N–H and O–H groups in total. The van der Waals surface area contributed by atoms with Crippen molar-refractivity contribution in [1.29, 1.82) is 0 Å². The van der Waals surface area contributed by atoms with Crippen molar-refractivity contribution in [2.24, 2.45) is 0 Å². The number of aromatic nitrogens is 2. The molecule has 74 valence electrons. The molecular formula is C6H10FN2O3P. The van der Waals surface area contributed by atoms with Gasteiger partial charge in [-0.3, -0.25) is 9.79 Å². The highest BCUT2D eigenvalue weighted by Gasteiger charge is 2.04. The van der Waals surface area contributed by atoms with Crippen LogP contribution in [0.4, 0.5) is 4.20 Å². The van der Waals surface area contributed by atoms with Crippen LogP contribution in [0.5, 0.6) is 0 Å². The zero-order valence-electron chi connectivity index (χ0n) is 6.72. The molecule has 0 unspecified atom stereocenters. The van der Waals surface area contributed by atoms with Crippen LogP contribution in [-0.4, -0.2) is 19.8 Å². The van der Waals surface area contributed by atoms with Gasteiger partial charge in [-0.2, -0.15) is 0 Å². The molecule has 7 heteroatoms. The molecule has 1 aromatic heterocycles. The van der Waals surface area contributed by atoms with E-state index in [2.05, 4.69) is 16.5 Å². The Kier molecular flexibility index (Phi) is 5.22. The molecule has 0 radical (unpaired) electrons. The lowest BCUT2D eigenvalue weighted by Gasteiger charge is -1.82. The second-order valence-corrected chi connectivity index (χ2v) is 2.95. The summed E-state index contributed by atoms with van der Waals surface area (Å²) in [5.41, 5.74) is 0. The number of imidazole rings is 1. The van der Waals surface area contributed by atoms with E-state index in [0.29, 0.717) is 0 Å². The number of nitrogens with one attached hydrogen (secondary N) is 1. The van der Waals surface area contributed by atoms with E-state index in [0.717, 1.165) is 12.2 Å². The molecule has 1 aromatic rings. The molecule has 0 fully saturated rings. The molecule has 1 rings (SSSR count). The first-order valence-corrected chi connectivity index (χ1v) is 4.78. The molecule has 5 nitrogen and oxygen atoms in total. The van der Waals surface area contributed by atoms with Gasteiger partial charge in [-0.25, -0.2) is 9.55 Å². The Labute approximate surface area is 74.6 Å². The summed E-state index contributed by atoms with van der Waals surface area (Å²) in [4.78, 5) is 20.9. The fourth-order valence-electron chi connectivity index (χ4n) is 0.546. The van der Waals surface area contributed by atoms with Crippen molar-refractivity contribution in [2.45, 2.75) is 6.42 Å². The first kappa shape index (κ1) is 12.0. The smallest absolute Gasteiger partial charge is 0.348 e. The molecule has 0 aliphatic rings. The Morgan fingerprint density at radius 1 is 1.77 bits per heavy atom. The van der Waals surface area contributed by atoms with Crippen molar-refractivity contribution in [2.75, 3.05) is 0 Å². The number of rotatable bonds is 2. The summed E-state index contributed by atoms with van der Waals surface area (Å²) in [5.74, 6) is 0.972. The highest BCUT2D eigenvalue weighted by Crippen LogP contribution is 2.34. The van der Waals surface area contributed by atoms with Crippen molar-refractivity contribution in [3.8, 4) is 0 Å². The predicted molar refractivity (Wildman–Crippen MR) is 45.6 cm³/mol. The monoisotopic (exact) mass is 208 g/mol. The predicted octanol–water partition coefficient (Wildman–Crippen LogP) is 1.19. The average Bonchev–Trinajstić information content (AvgIpc) is 2.36. The minimum absolute atomic E-state index is 0.826. The number of allylic oxidation sites excluding steroid dienone is 1. The van der Waals surface area contributed by atoms with Crippen molar-refractivity contribution in [1.82, 2.24) is 9.97 Å². The number of halogens is 1. The zero-order chi connectivity index (χ0) is 10.3. The van der Waals surface area contributed by atoms with Gasteiger partial charge in [0.1, 0.15) is 5.82 Å². The van der Waals surface area contributed by atoms with E-state index in [1.807, 2.05) is 6.08 Å². The summed E-state index contributed by atoms with van der Waals surface area (Å²) in [7, 11) is -5.14. The lowest BCUT2D eigenvalue weighted by Crippen LogP contribution is -1.80. The van der Waals surface area contributed by atoms with Crippen LogP contribution in [0.2, 0.25) is 0 Å². The molecule has 0 aliphatic heterocycles. The quantitative estimate of drug-likeness (QED) is 0.503. The first-order valence-electron chi connectivity index (χ1n) is 3.28. The van der Waals surface area contributed by atoms with Gasteiger partial charge >= 0.3 is 7.91 Å². The zero-order valence-corrected chi connectivity index (χ0v) is 7.62. The molecule has 13 heavy (non-hydrogen) atoms. The third kappa shape index (κ3) is 11.0. The Hall–Kier alpha value is -0.970. The molecule has 0 saturated carbocycles. The van der Waals surface area contributed by atoms with Crippen LogP contribution in [0.1, 0.15) is 5.82 Å². The van der Waals surface area contributed by atoms with Crippen LogP contribution in [-0.2, 0) is 11.0 Å². The van der Waals surface area contributed by atoms with E-state index in [-0.39, 0.29) is 0 Å². The normalized spacial score (nSPS) is 10.1. The van der Waals surface area contributed by atoms with Gasteiger partial charge in [0.05, 0.1) is 0 Å². The van der Waals surface area contributed by atoms with Gasteiger partial charge in [-0.05, 0) is 0 Å². The summed E-state index contributed by atoms with van der Waals surface area (Å²) in [6.07, 6.45) is 6.18. The molecule has 0 aromatic carbocycles. The van der Waals surface area contributed by atoms with Crippen LogP contribution < -0.4 is 0 Å². The molecule has 0 bridgehead atoms. The first-order chi connectivity index (χ1) is 5.93. The van der Waals surface area contributed by atoms with E-state index in [1.54, 1.807) is 12.4 Å². The second-order valence-electron chi connectivity index (χ2n) is 2.00. The van der Waals surface area contributed by atoms with Gasteiger partial charge in [-0.1, -0.05) is 6.08 Å². The van der Waals surface area contributed by atoms with E-state index >= 15 is 0 Å². The summed E-state index contributed by atoms with van der Waals surface area (Å²) >= 11 is 0. The fraction of sp³-hybridized carbons (Fsp3) is 0.167. The van der Waals surface area contributed by atoms with E-state index in [1.165, 1.54) is 0 Å². The number of hydrogen-bond acceptors (Lipinski definition) is 2. The lowest BCUT2D eigenvalue weighted by molar-refractivity contribution is 0.322. The summed E-state index contributed by atoms with van der Waals surface area (Å²) in [6, 6.07) is 0. The maximum atomic E-state index is 10.4. The van der Waals surface area contributed by atoms with Crippen molar-refractivity contribution >= 4 is 7.91 Å². The SMILES string of the molecule is C=CCc1ncc[nH]1.O=P(O)(O)F. The van der Waals surface area contributed by atoms with Gasteiger partial charge in [-0.15, -0.1) is 10.8 Å². The number of aromatic amines is 1. The Morgan fingerprint density at radius 3 is 2.62 bits per heavy atom. The topological polar surface area (TPSA) is 86.2 Å². The second kappa shape index (κ2) is 5.64. The summed E-state index contributed by atoms with van der Waals surface area (Å²) in [5, 5.41) is 0. The van der Waals surface area contributed by atoms with Crippen LogP contribution >= 0.6 is 7.91 Å². The molecule has 0 aliphatic carbocycles.